The minimum absolute atomic E-state index is 0.0164. The number of hydrogen-bond donors (Lipinski definition) is 1. The van der Waals surface area contributed by atoms with Gasteiger partial charge in [0.15, 0.2) is 0 Å². The van der Waals surface area contributed by atoms with E-state index in [4.69, 9.17) is 17.3 Å². The highest BCUT2D eigenvalue weighted by Crippen LogP contribution is 2.27. The van der Waals surface area contributed by atoms with E-state index in [-0.39, 0.29) is 11.8 Å². The molecular weight excluding hydrogens is 346 g/mol. The van der Waals surface area contributed by atoms with Gasteiger partial charge >= 0.3 is 0 Å². The van der Waals surface area contributed by atoms with Gasteiger partial charge in [-0.2, -0.15) is 0 Å². The molecule has 1 amide bonds. The Kier molecular flexibility index (Phi) is 6.96. The Labute approximate surface area is 162 Å². The van der Waals surface area contributed by atoms with Crippen LogP contribution in [0, 0.1) is 11.8 Å². The Balaban J connectivity index is 1.45. The van der Waals surface area contributed by atoms with Crippen molar-refractivity contribution in [3.63, 3.8) is 0 Å². The number of piperazine rings is 1. The molecule has 0 radical (unpaired) electrons. The van der Waals surface area contributed by atoms with Crippen LogP contribution in [0.4, 0.5) is 0 Å². The summed E-state index contributed by atoms with van der Waals surface area (Å²) >= 11 is 5.94. The number of amides is 1. The maximum Gasteiger partial charge on any atom is 0.225 e. The Morgan fingerprint density at radius 1 is 1.12 bits per heavy atom. The third kappa shape index (κ3) is 4.99. The number of hydrogen-bond acceptors (Lipinski definition) is 3. The normalized spacial score (nSPS) is 25.9. The zero-order valence-electron chi connectivity index (χ0n) is 15.9. The Morgan fingerprint density at radius 3 is 2.31 bits per heavy atom. The van der Waals surface area contributed by atoms with E-state index in [0.717, 1.165) is 50.1 Å². The monoisotopic (exact) mass is 377 g/mol. The molecule has 2 aliphatic rings. The van der Waals surface area contributed by atoms with Crippen LogP contribution < -0.4 is 5.73 Å². The first-order valence-electron chi connectivity index (χ1n) is 10.0. The van der Waals surface area contributed by atoms with Gasteiger partial charge in [-0.3, -0.25) is 9.69 Å². The van der Waals surface area contributed by atoms with Crippen LogP contribution >= 0.6 is 11.6 Å². The lowest BCUT2D eigenvalue weighted by Crippen LogP contribution is -2.53. The van der Waals surface area contributed by atoms with Gasteiger partial charge in [-0.1, -0.05) is 30.7 Å². The summed E-state index contributed by atoms with van der Waals surface area (Å²) in [5.74, 6) is 1.02. The first kappa shape index (κ1) is 19.7. The van der Waals surface area contributed by atoms with E-state index in [9.17, 15) is 4.79 Å². The van der Waals surface area contributed by atoms with Gasteiger partial charge in [0.1, 0.15) is 0 Å². The van der Waals surface area contributed by atoms with E-state index in [2.05, 4.69) is 9.80 Å². The molecule has 1 atom stereocenters. The fourth-order valence-electron chi connectivity index (χ4n) is 4.43. The highest BCUT2D eigenvalue weighted by molar-refractivity contribution is 6.30. The second-order valence-electron chi connectivity index (χ2n) is 8.00. The fourth-order valence-corrected chi connectivity index (χ4v) is 4.55. The van der Waals surface area contributed by atoms with E-state index in [1.807, 2.05) is 31.2 Å². The molecule has 2 fully saturated rings. The van der Waals surface area contributed by atoms with Crippen LogP contribution in [0.1, 0.15) is 38.2 Å². The van der Waals surface area contributed by atoms with E-state index in [1.165, 1.54) is 31.2 Å². The van der Waals surface area contributed by atoms with Crippen LogP contribution in [0.5, 0.6) is 0 Å². The van der Waals surface area contributed by atoms with Crippen molar-refractivity contribution in [3.05, 3.63) is 34.9 Å². The van der Waals surface area contributed by atoms with Crippen LogP contribution in [0.3, 0.4) is 0 Å². The number of rotatable bonds is 5. The molecule has 1 saturated heterocycles. The average molecular weight is 378 g/mol. The molecule has 144 valence electrons. The maximum atomic E-state index is 12.8. The molecule has 1 saturated carbocycles. The van der Waals surface area contributed by atoms with Crippen LogP contribution in [0.15, 0.2) is 24.3 Å². The Morgan fingerprint density at radius 2 is 1.73 bits per heavy atom. The summed E-state index contributed by atoms with van der Waals surface area (Å²) in [4.78, 5) is 17.5. The van der Waals surface area contributed by atoms with E-state index in [0.29, 0.717) is 6.04 Å². The number of halogens is 1. The lowest BCUT2D eigenvalue weighted by atomic mass is 9.85. The first-order chi connectivity index (χ1) is 12.6. The lowest BCUT2D eigenvalue weighted by molar-refractivity contribution is -0.137. The molecule has 3 rings (SSSR count). The Hall–Kier alpha value is -1.10. The highest BCUT2D eigenvalue weighted by Gasteiger charge is 2.30. The molecule has 1 unspecified atom stereocenters. The highest BCUT2D eigenvalue weighted by atomic mass is 35.5. The van der Waals surface area contributed by atoms with Gasteiger partial charge in [-0.15, -0.1) is 0 Å². The van der Waals surface area contributed by atoms with Crippen molar-refractivity contribution in [2.75, 3.05) is 32.7 Å². The van der Waals surface area contributed by atoms with Crippen molar-refractivity contribution in [1.82, 2.24) is 9.80 Å². The molecular formula is C21H32ClN3O. The quantitative estimate of drug-likeness (QED) is 0.857. The molecule has 5 heteroatoms. The molecule has 0 aromatic heterocycles. The van der Waals surface area contributed by atoms with Crippen molar-refractivity contribution in [3.8, 4) is 0 Å². The smallest absolute Gasteiger partial charge is 0.225 e. The zero-order valence-corrected chi connectivity index (χ0v) is 16.6. The molecule has 0 spiro atoms. The number of carbonyl (C=O) groups is 1. The minimum atomic E-state index is 0.0164. The van der Waals surface area contributed by atoms with Crippen molar-refractivity contribution >= 4 is 17.5 Å². The molecule has 1 aromatic rings. The van der Waals surface area contributed by atoms with Crippen molar-refractivity contribution < 1.29 is 4.79 Å². The number of benzene rings is 1. The maximum absolute atomic E-state index is 12.8. The van der Waals surface area contributed by atoms with Gasteiger partial charge in [0.25, 0.3) is 0 Å². The lowest BCUT2D eigenvalue weighted by Gasteiger charge is -2.42. The third-order valence-electron chi connectivity index (χ3n) is 6.17. The number of nitrogens with zero attached hydrogens (tertiary/aromatic N) is 2. The van der Waals surface area contributed by atoms with Crippen molar-refractivity contribution in [1.29, 1.82) is 0 Å². The summed E-state index contributed by atoms with van der Waals surface area (Å²) in [5, 5.41) is 0.740. The van der Waals surface area contributed by atoms with Crippen molar-refractivity contribution in [2.24, 2.45) is 17.6 Å². The number of carbonyl (C=O) groups excluding carboxylic acids is 1. The SMILES string of the molecule is CC(Cc1ccc(Cl)cc1)C(=O)N1CCN(C2CCC(CN)CC2)CC1. The summed E-state index contributed by atoms with van der Waals surface area (Å²) in [6.45, 7) is 6.62. The Bertz CT molecular complexity index is 575. The predicted octanol–water partition coefficient (Wildman–Crippen LogP) is 3.18. The summed E-state index contributed by atoms with van der Waals surface area (Å²) in [7, 11) is 0. The van der Waals surface area contributed by atoms with Crippen LogP contribution in [-0.4, -0.2) is 54.5 Å². The third-order valence-corrected chi connectivity index (χ3v) is 6.42. The van der Waals surface area contributed by atoms with Crippen LogP contribution in [0.2, 0.25) is 5.02 Å². The molecule has 1 aromatic carbocycles. The second-order valence-corrected chi connectivity index (χ2v) is 8.44. The molecule has 0 bridgehead atoms. The summed E-state index contributed by atoms with van der Waals surface area (Å²) < 4.78 is 0. The van der Waals surface area contributed by atoms with Gasteiger partial charge < -0.3 is 10.6 Å². The van der Waals surface area contributed by atoms with Gasteiger partial charge in [-0.25, -0.2) is 0 Å². The van der Waals surface area contributed by atoms with Crippen molar-refractivity contribution in [2.45, 2.75) is 45.1 Å². The van der Waals surface area contributed by atoms with Gasteiger partial charge in [0.2, 0.25) is 5.91 Å². The minimum Gasteiger partial charge on any atom is -0.340 e. The molecule has 2 N–H and O–H groups in total. The van der Waals surface area contributed by atoms with Gasteiger partial charge in [0, 0.05) is 43.2 Å². The van der Waals surface area contributed by atoms with E-state index >= 15 is 0 Å². The predicted molar refractivity (Wildman–Crippen MR) is 107 cm³/mol. The topological polar surface area (TPSA) is 49.6 Å². The van der Waals surface area contributed by atoms with Crippen LogP contribution in [-0.2, 0) is 11.2 Å². The van der Waals surface area contributed by atoms with Gasteiger partial charge in [-0.05, 0) is 62.3 Å². The molecule has 26 heavy (non-hydrogen) atoms. The summed E-state index contributed by atoms with van der Waals surface area (Å²) in [6.07, 6.45) is 5.84. The molecule has 1 aliphatic carbocycles. The van der Waals surface area contributed by atoms with Crippen LogP contribution in [0.25, 0.3) is 0 Å². The van der Waals surface area contributed by atoms with Gasteiger partial charge in [0.05, 0.1) is 0 Å². The summed E-state index contributed by atoms with van der Waals surface area (Å²) in [6, 6.07) is 8.52. The number of nitrogens with two attached hydrogens (primary N) is 1. The van der Waals surface area contributed by atoms with E-state index < -0.39 is 0 Å². The summed E-state index contributed by atoms with van der Waals surface area (Å²) in [5.41, 5.74) is 6.98. The first-order valence-corrected chi connectivity index (χ1v) is 10.4. The second kappa shape index (κ2) is 9.20. The van der Waals surface area contributed by atoms with E-state index in [1.54, 1.807) is 0 Å². The largest absolute Gasteiger partial charge is 0.340 e. The zero-order chi connectivity index (χ0) is 18.5. The molecule has 1 aliphatic heterocycles. The fraction of sp³-hybridized carbons (Fsp3) is 0.667. The molecule has 1 heterocycles. The average Bonchev–Trinajstić information content (AvgIpc) is 2.69. The molecule has 4 nitrogen and oxygen atoms in total. The standard InChI is InChI=1S/C21H32ClN3O/c1-16(14-17-2-6-19(22)7-3-17)21(26)25-12-10-24(11-13-25)20-8-4-18(15-23)5-9-20/h2-3,6-7,16,18,20H,4-5,8-15,23H2,1H3.